The highest BCUT2D eigenvalue weighted by atomic mass is 16.3. The number of aromatic hydroxyl groups is 1. The third kappa shape index (κ3) is 4.07. The van der Waals surface area contributed by atoms with Crippen molar-refractivity contribution in [2.24, 2.45) is 11.7 Å². The van der Waals surface area contributed by atoms with Crippen LogP contribution in [0.15, 0.2) is 18.2 Å². The van der Waals surface area contributed by atoms with E-state index in [1.165, 1.54) is 6.07 Å². The van der Waals surface area contributed by atoms with Crippen LogP contribution in [0.5, 0.6) is 5.75 Å². The van der Waals surface area contributed by atoms with Crippen molar-refractivity contribution in [3.05, 3.63) is 29.3 Å². The Bertz CT molecular complexity index is 391. The zero-order valence-electron chi connectivity index (χ0n) is 10.4. The van der Waals surface area contributed by atoms with Gasteiger partial charge < -0.3 is 16.2 Å². The molecule has 0 aliphatic heterocycles. The van der Waals surface area contributed by atoms with Crippen LogP contribution in [-0.4, -0.2) is 24.1 Å². The minimum atomic E-state index is -0.114. The molecule has 0 radical (unpaired) electrons. The number of carbonyl (C=O) groups excluding carboxylic acids is 1. The fourth-order valence-corrected chi connectivity index (χ4v) is 1.55. The summed E-state index contributed by atoms with van der Waals surface area (Å²) < 4.78 is 0. The van der Waals surface area contributed by atoms with Gasteiger partial charge in [0.05, 0.1) is 0 Å². The molecule has 4 nitrogen and oxygen atoms in total. The summed E-state index contributed by atoms with van der Waals surface area (Å²) >= 11 is 0. The number of benzene rings is 1. The maximum absolute atomic E-state index is 11.8. The number of phenols is 1. The van der Waals surface area contributed by atoms with Crippen molar-refractivity contribution in [3.8, 4) is 5.75 Å². The van der Waals surface area contributed by atoms with Crippen LogP contribution in [0.2, 0.25) is 0 Å². The van der Waals surface area contributed by atoms with Crippen LogP contribution >= 0.6 is 0 Å². The van der Waals surface area contributed by atoms with Gasteiger partial charge in [0, 0.05) is 12.1 Å². The van der Waals surface area contributed by atoms with Crippen molar-refractivity contribution in [2.75, 3.05) is 13.1 Å². The zero-order chi connectivity index (χ0) is 12.8. The topological polar surface area (TPSA) is 75.4 Å². The maximum Gasteiger partial charge on any atom is 0.251 e. The predicted octanol–water partition coefficient (Wildman–Crippen LogP) is 1.42. The molecule has 1 amide bonds. The van der Waals surface area contributed by atoms with Crippen LogP contribution in [0.3, 0.4) is 0 Å². The van der Waals surface area contributed by atoms with Gasteiger partial charge in [0.15, 0.2) is 0 Å². The second kappa shape index (κ2) is 6.25. The standard InChI is InChI=1S/C13H20N2O2/c1-9(5-6-14)8-15-13(17)11-3-4-12(16)10(2)7-11/h3-4,7,9,16H,5-6,8,14H2,1-2H3,(H,15,17). The summed E-state index contributed by atoms with van der Waals surface area (Å²) in [6, 6.07) is 4.83. The summed E-state index contributed by atoms with van der Waals surface area (Å²) in [6.07, 6.45) is 0.898. The monoisotopic (exact) mass is 236 g/mol. The zero-order valence-corrected chi connectivity index (χ0v) is 10.4. The Kier molecular flexibility index (Phi) is 4.97. The highest BCUT2D eigenvalue weighted by molar-refractivity contribution is 5.94. The Morgan fingerprint density at radius 1 is 1.53 bits per heavy atom. The Labute approximate surface area is 102 Å². The van der Waals surface area contributed by atoms with E-state index in [2.05, 4.69) is 12.2 Å². The smallest absolute Gasteiger partial charge is 0.251 e. The molecule has 94 valence electrons. The van der Waals surface area contributed by atoms with Crippen molar-refractivity contribution in [2.45, 2.75) is 20.3 Å². The first kappa shape index (κ1) is 13.5. The van der Waals surface area contributed by atoms with Crippen molar-refractivity contribution in [1.29, 1.82) is 0 Å². The largest absolute Gasteiger partial charge is 0.508 e. The molecule has 0 fully saturated rings. The molecular weight excluding hydrogens is 216 g/mol. The summed E-state index contributed by atoms with van der Waals surface area (Å²) in [5.74, 6) is 0.470. The van der Waals surface area contributed by atoms with E-state index in [4.69, 9.17) is 5.73 Å². The molecule has 4 N–H and O–H groups in total. The summed E-state index contributed by atoms with van der Waals surface area (Å²) in [5.41, 5.74) is 6.71. The van der Waals surface area contributed by atoms with E-state index in [-0.39, 0.29) is 11.7 Å². The lowest BCUT2D eigenvalue weighted by molar-refractivity contribution is 0.0947. The van der Waals surface area contributed by atoms with Gasteiger partial charge in [-0.2, -0.15) is 0 Å². The van der Waals surface area contributed by atoms with Gasteiger partial charge in [-0.25, -0.2) is 0 Å². The van der Waals surface area contributed by atoms with Gasteiger partial charge in [-0.05, 0) is 49.6 Å². The van der Waals surface area contributed by atoms with E-state index in [0.717, 1.165) is 6.42 Å². The van der Waals surface area contributed by atoms with Crippen molar-refractivity contribution < 1.29 is 9.90 Å². The molecular formula is C13H20N2O2. The predicted molar refractivity (Wildman–Crippen MR) is 68.0 cm³/mol. The molecule has 0 aliphatic carbocycles. The first-order valence-corrected chi connectivity index (χ1v) is 5.82. The van der Waals surface area contributed by atoms with Gasteiger partial charge in [0.2, 0.25) is 0 Å². The van der Waals surface area contributed by atoms with E-state index in [1.807, 2.05) is 0 Å². The highest BCUT2D eigenvalue weighted by Crippen LogP contribution is 2.16. The second-order valence-corrected chi connectivity index (χ2v) is 4.39. The van der Waals surface area contributed by atoms with Crippen LogP contribution in [0, 0.1) is 12.8 Å². The van der Waals surface area contributed by atoms with E-state index < -0.39 is 0 Å². The summed E-state index contributed by atoms with van der Waals surface area (Å²) in [6.45, 7) is 5.07. The van der Waals surface area contributed by atoms with Crippen LogP contribution < -0.4 is 11.1 Å². The lowest BCUT2D eigenvalue weighted by atomic mass is 10.1. The lowest BCUT2D eigenvalue weighted by Gasteiger charge is -2.11. The molecule has 1 unspecified atom stereocenters. The maximum atomic E-state index is 11.8. The molecule has 1 atom stereocenters. The number of hydrogen-bond donors (Lipinski definition) is 3. The number of carbonyl (C=O) groups is 1. The summed E-state index contributed by atoms with van der Waals surface area (Å²) in [4.78, 5) is 11.8. The molecule has 0 aliphatic rings. The third-order valence-electron chi connectivity index (χ3n) is 2.73. The Balaban J connectivity index is 2.55. The van der Waals surface area contributed by atoms with E-state index in [9.17, 15) is 9.90 Å². The number of nitrogens with two attached hydrogens (primary N) is 1. The van der Waals surface area contributed by atoms with Crippen LogP contribution in [0.1, 0.15) is 29.3 Å². The van der Waals surface area contributed by atoms with Gasteiger partial charge in [-0.15, -0.1) is 0 Å². The summed E-state index contributed by atoms with van der Waals surface area (Å²) in [5, 5.41) is 12.2. The Hall–Kier alpha value is -1.55. The van der Waals surface area contributed by atoms with Gasteiger partial charge in [-0.1, -0.05) is 6.92 Å². The third-order valence-corrected chi connectivity index (χ3v) is 2.73. The Morgan fingerprint density at radius 2 is 2.24 bits per heavy atom. The molecule has 1 aromatic carbocycles. The normalized spacial score (nSPS) is 12.2. The molecule has 1 rings (SSSR count). The van der Waals surface area contributed by atoms with Gasteiger partial charge in [0.1, 0.15) is 5.75 Å². The average molecular weight is 236 g/mol. The second-order valence-electron chi connectivity index (χ2n) is 4.39. The Morgan fingerprint density at radius 3 is 2.82 bits per heavy atom. The van der Waals surface area contributed by atoms with E-state index in [0.29, 0.717) is 30.1 Å². The van der Waals surface area contributed by atoms with Gasteiger partial charge in [-0.3, -0.25) is 4.79 Å². The number of rotatable bonds is 5. The number of nitrogens with one attached hydrogen (secondary N) is 1. The number of amides is 1. The fourth-order valence-electron chi connectivity index (χ4n) is 1.55. The quantitative estimate of drug-likeness (QED) is 0.723. The molecule has 0 saturated carbocycles. The van der Waals surface area contributed by atoms with Crippen molar-refractivity contribution in [3.63, 3.8) is 0 Å². The number of aryl methyl sites for hydroxylation is 1. The number of phenolic OH excluding ortho intramolecular Hbond substituents is 1. The average Bonchev–Trinajstić information content (AvgIpc) is 2.30. The van der Waals surface area contributed by atoms with E-state index in [1.54, 1.807) is 19.1 Å². The SMILES string of the molecule is Cc1cc(C(=O)NCC(C)CCN)ccc1O. The first-order chi connectivity index (χ1) is 8.04. The first-order valence-electron chi connectivity index (χ1n) is 5.82. The molecule has 0 spiro atoms. The minimum Gasteiger partial charge on any atom is -0.508 e. The van der Waals surface area contributed by atoms with Crippen molar-refractivity contribution >= 4 is 5.91 Å². The molecule has 0 aromatic heterocycles. The molecule has 1 aromatic rings. The van der Waals surface area contributed by atoms with Gasteiger partial charge in [0.25, 0.3) is 5.91 Å². The molecule has 0 heterocycles. The van der Waals surface area contributed by atoms with Gasteiger partial charge >= 0.3 is 0 Å². The van der Waals surface area contributed by atoms with Crippen LogP contribution in [0.4, 0.5) is 0 Å². The molecule has 4 heteroatoms. The fraction of sp³-hybridized carbons (Fsp3) is 0.462. The van der Waals surface area contributed by atoms with Crippen LogP contribution in [-0.2, 0) is 0 Å². The number of hydrogen-bond acceptors (Lipinski definition) is 3. The minimum absolute atomic E-state index is 0.114. The van der Waals surface area contributed by atoms with Crippen LogP contribution in [0.25, 0.3) is 0 Å². The molecule has 0 saturated heterocycles. The van der Waals surface area contributed by atoms with E-state index >= 15 is 0 Å². The molecule has 17 heavy (non-hydrogen) atoms. The lowest BCUT2D eigenvalue weighted by Crippen LogP contribution is -2.29. The highest BCUT2D eigenvalue weighted by Gasteiger charge is 2.08. The molecule has 0 bridgehead atoms. The summed E-state index contributed by atoms with van der Waals surface area (Å²) in [7, 11) is 0. The van der Waals surface area contributed by atoms with Crippen molar-refractivity contribution in [1.82, 2.24) is 5.32 Å².